The summed E-state index contributed by atoms with van der Waals surface area (Å²) in [4.78, 5) is 0.773. The molecule has 0 aliphatic rings. The summed E-state index contributed by atoms with van der Waals surface area (Å²) < 4.78 is 6.84. The molecule has 0 N–H and O–H groups in total. The predicted molar refractivity (Wildman–Crippen MR) is 70.4 cm³/mol. The second-order valence-electron chi connectivity index (χ2n) is 3.70. The van der Waals surface area contributed by atoms with Crippen LogP contribution in [0.3, 0.4) is 0 Å². The molecule has 0 aliphatic heterocycles. The minimum atomic E-state index is 0.567. The average molecular weight is 281 g/mol. The molecule has 0 saturated heterocycles. The lowest BCUT2D eigenvalue weighted by molar-refractivity contribution is 0.415. The molecule has 7 heteroatoms. The number of nitrogens with zero attached hydrogens (tertiary/aromatic N) is 4. The zero-order chi connectivity index (χ0) is 12.7. The molecular weight excluding hydrogens is 272 g/mol. The minimum Gasteiger partial charge on any atom is -0.495 e. The largest absolute Gasteiger partial charge is 0.495 e. The molecule has 0 fully saturated rings. The number of halogens is 1. The fourth-order valence-electron chi connectivity index (χ4n) is 1.63. The monoisotopic (exact) mass is 280 g/mol. The number of fused-ring (bicyclic) bond motifs is 1. The van der Waals surface area contributed by atoms with Crippen LogP contribution in [0.1, 0.15) is 5.82 Å². The molecule has 0 radical (unpaired) electrons. The molecular formula is C11H9ClN4OS. The van der Waals surface area contributed by atoms with E-state index in [1.807, 2.05) is 25.1 Å². The van der Waals surface area contributed by atoms with Crippen molar-refractivity contribution in [1.29, 1.82) is 0 Å². The lowest BCUT2D eigenvalue weighted by Gasteiger charge is -2.03. The van der Waals surface area contributed by atoms with Crippen molar-refractivity contribution in [2.45, 2.75) is 6.92 Å². The first kappa shape index (κ1) is 11.4. The van der Waals surface area contributed by atoms with Gasteiger partial charge in [0.05, 0.1) is 12.1 Å². The molecule has 0 aliphatic carbocycles. The maximum atomic E-state index is 6.10. The summed E-state index contributed by atoms with van der Waals surface area (Å²) in [6, 6.07) is 5.58. The van der Waals surface area contributed by atoms with Gasteiger partial charge in [0, 0.05) is 5.56 Å². The highest BCUT2D eigenvalue weighted by Gasteiger charge is 2.11. The normalized spacial score (nSPS) is 11.1. The van der Waals surface area contributed by atoms with Crippen molar-refractivity contribution >= 4 is 27.9 Å². The number of methoxy groups -OCH3 is 1. The van der Waals surface area contributed by atoms with Crippen LogP contribution in [0.4, 0.5) is 0 Å². The van der Waals surface area contributed by atoms with E-state index in [4.69, 9.17) is 16.3 Å². The molecule has 2 heterocycles. The molecule has 3 rings (SSSR count). The van der Waals surface area contributed by atoms with Gasteiger partial charge in [0.15, 0.2) is 5.82 Å². The summed E-state index contributed by atoms with van der Waals surface area (Å²) in [6.07, 6.45) is 0. The van der Waals surface area contributed by atoms with E-state index in [0.717, 1.165) is 21.4 Å². The van der Waals surface area contributed by atoms with Crippen LogP contribution in [-0.2, 0) is 0 Å². The van der Waals surface area contributed by atoms with Gasteiger partial charge in [0.25, 0.3) is 0 Å². The predicted octanol–water partition coefficient (Wildman–Crippen LogP) is 2.82. The highest BCUT2D eigenvalue weighted by atomic mass is 35.5. The first-order valence-electron chi connectivity index (χ1n) is 5.22. The lowest BCUT2D eigenvalue weighted by atomic mass is 10.2. The van der Waals surface area contributed by atoms with Crippen molar-refractivity contribution in [3.8, 4) is 16.3 Å². The van der Waals surface area contributed by atoms with Gasteiger partial charge in [0.2, 0.25) is 4.96 Å². The van der Waals surface area contributed by atoms with Gasteiger partial charge in [-0.2, -0.15) is 9.61 Å². The van der Waals surface area contributed by atoms with Gasteiger partial charge in [-0.05, 0) is 25.1 Å². The molecule has 0 bridgehead atoms. The first-order chi connectivity index (χ1) is 8.69. The maximum absolute atomic E-state index is 6.10. The molecule has 18 heavy (non-hydrogen) atoms. The van der Waals surface area contributed by atoms with Gasteiger partial charge < -0.3 is 4.74 Å². The van der Waals surface area contributed by atoms with E-state index in [2.05, 4.69) is 15.3 Å². The molecule has 0 atom stereocenters. The fraction of sp³-hybridized carbons (Fsp3) is 0.182. The van der Waals surface area contributed by atoms with E-state index < -0.39 is 0 Å². The van der Waals surface area contributed by atoms with Crippen molar-refractivity contribution in [3.63, 3.8) is 0 Å². The van der Waals surface area contributed by atoms with E-state index >= 15 is 0 Å². The van der Waals surface area contributed by atoms with Crippen molar-refractivity contribution < 1.29 is 4.74 Å². The summed E-state index contributed by atoms with van der Waals surface area (Å²) in [5.74, 6) is 1.42. The number of ether oxygens (including phenoxy) is 1. The van der Waals surface area contributed by atoms with E-state index in [9.17, 15) is 0 Å². The quantitative estimate of drug-likeness (QED) is 0.724. The molecule has 92 valence electrons. The van der Waals surface area contributed by atoms with E-state index in [1.165, 1.54) is 11.3 Å². The molecule has 1 aromatic carbocycles. The Labute approximate surface area is 112 Å². The van der Waals surface area contributed by atoms with Crippen LogP contribution in [0.5, 0.6) is 5.75 Å². The van der Waals surface area contributed by atoms with Gasteiger partial charge in [-0.3, -0.25) is 0 Å². The molecule has 2 aromatic heterocycles. The van der Waals surface area contributed by atoms with Crippen LogP contribution in [0.2, 0.25) is 5.02 Å². The van der Waals surface area contributed by atoms with Crippen LogP contribution in [0.15, 0.2) is 18.2 Å². The van der Waals surface area contributed by atoms with E-state index in [-0.39, 0.29) is 0 Å². The summed E-state index contributed by atoms with van der Waals surface area (Å²) in [5, 5.41) is 13.9. The van der Waals surface area contributed by atoms with Gasteiger partial charge in [-0.1, -0.05) is 22.9 Å². The van der Waals surface area contributed by atoms with Gasteiger partial charge >= 0.3 is 0 Å². The van der Waals surface area contributed by atoms with Crippen LogP contribution in [0.25, 0.3) is 15.5 Å². The third-order valence-corrected chi connectivity index (χ3v) is 3.79. The van der Waals surface area contributed by atoms with Crippen molar-refractivity contribution in [2.24, 2.45) is 0 Å². The molecule has 3 aromatic rings. The van der Waals surface area contributed by atoms with E-state index in [1.54, 1.807) is 11.6 Å². The van der Waals surface area contributed by atoms with Crippen LogP contribution in [-0.4, -0.2) is 26.9 Å². The molecule has 0 saturated carbocycles. The molecule has 0 unspecified atom stereocenters. The Hall–Kier alpha value is -1.66. The summed E-state index contributed by atoms with van der Waals surface area (Å²) in [6.45, 7) is 1.87. The zero-order valence-corrected chi connectivity index (χ0v) is 11.3. The van der Waals surface area contributed by atoms with Gasteiger partial charge in [0.1, 0.15) is 10.8 Å². The third kappa shape index (κ3) is 1.74. The Morgan fingerprint density at radius 3 is 2.83 bits per heavy atom. The lowest BCUT2D eigenvalue weighted by Crippen LogP contribution is -1.89. The fourth-order valence-corrected chi connectivity index (χ4v) is 2.77. The Balaban J connectivity index is 2.10. The average Bonchev–Trinajstić information content (AvgIpc) is 2.92. The number of hydrogen-bond acceptors (Lipinski definition) is 5. The Morgan fingerprint density at radius 2 is 2.17 bits per heavy atom. The second-order valence-corrected chi connectivity index (χ2v) is 5.06. The number of rotatable bonds is 2. The number of aryl methyl sites for hydroxylation is 1. The second kappa shape index (κ2) is 4.22. The zero-order valence-electron chi connectivity index (χ0n) is 9.72. The number of benzene rings is 1. The molecule has 5 nitrogen and oxygen atoms in total. The summed E-state index contributed by atoms with van der Waals surface area (Å²) in [5.41, 5.74) is 0.940. The number of aromatic nitrogens is 4. The maximum Gasteiger partial charge on any atom is 0.234 e. The third-order valence-electron chi connectivity index (χ3n) is 2.55. The summed E-state index contributed by atoms with van der Waals surface area (Å²) in [7, 11) is 1.59. The van der Waals surface area contributed by atoms with Crippen molar-refractivity contribution in [3.05, 3.63) is 29.0 Å². The highest BCUT2D eigenvalue weighted by Crippen LogP contribution is 2.32. The van der Waals surface area contributed by atoms with Gasteiger partial charge in [-0.15, -0.1) is 10.2 Å². The van der Waals surface area contributed by atoms with Crippen molar-refractivity contribution in [1.82, 2.24) is 19.8 Å². The number of hydrogen-bond donors (Lipinski definition) is 0. The van der Waals surface area contributed by atoms with E-state index in [0.29, 0.717) is 10.8 Å². The van der Waals surface area contributed by atoms with Crippen LogP contribution in [0, 0.1) is 6.92 Å². The minimum absolute atomic E-state index is 0.567. The van der Waals surface area contributed by atoms with Crippen LogP contribution < -0.4 is 4.74 Å². The Kier molecular flexibility index (Phi) is 2.68. The molecule has 0 spiro atoms. The highest BCUT2D eigenvalue weighted by molar-refractivity contribution is 7.19. The SMILES string of the molecule is COc1ccc(-c2nn3c(C)nnc3s2)cc1Cl. The summed E-state index contributed by atoms with van der Waals surface area (Å²) >= 11 is 7.57. The Morgan fingerprint density at radius 1 is 1.33 bits per heavy atom. The van der Waals surface area contributed by atoms with Gasteiger partial charge in [-0.25, -0.2) is 0 Å². The smallest absolute Gasteiger partial charge is 0.234 e. The Bertz CT molecular complexity index is 721. The molecule has 0 amide bonds. The first-order valence-corrected chi connectivity index (χ1v) is 6.41. The topological polar surface area (TPSA) is 52.3 Å². The van der Waals surface area contributed by atoms with Crippen LogP contribution >= 0.6 is 22.9 Å². The van der Waals surface area contributed by atoms with Crippen molar-refractivity contribution in [2.75, 3.05) is 7.11 Å². The standard InChI is InChI=1S/C11H9ClN4OS/c1-6-13-14-11-16(6)15-10(18-11)7-3-4-9(17-2)8(12)5-7/h3-5H,1-2H3.